The Hall–Kier alpha value is -2.60. The molecule has 6 rings (SSSR count). The fraction of sp³-hybridized carbons (Fsp3) is 0.455. The molecule has 0 radical (unpaired) electrons. The van der Waals surface area contributed by atoms with Crippen LogP contribution in [0.1, 0.15) is 35.3 Å². The summed E-state index contributed by atoms with van der Waals surface area (Å²) < 4.78 is 2.22. The quantitative estimate of drug-likeness (QED) is 0.719. The third-order valence-corrected chi connectivity index (χ3v) is 6.72. The highest BCUT2D eigenvalue weighted by molar-refractivity contribution is 6.03. The first-order valence-electron chi connectivity index (χ1n) is 9.92. The van der Waals surface area contributed by atoms with Crippen LogP contribution in [0.15, 0.2) is 24.3 Å². The molecule has 0 saturated carbocycles. The Balaban J connectivity index is 0.00000171. The van der Waals surface area contributed by atoms with E-state index in [1.807, 2.05) is 18.2 Å². The fourth-order valence-corrected chi connectivity index (χ4v) is 5.56. The normalized spacial score (nSPS) is 23.2. The number of pyridine rings is 1. The molecule has 3 aliphatic rings. The van der Waals surface area contributed by atoms with Crippen LogP contribution in [0.3, 0.4) is 0 Å². The third-order valence-electron chi connectivity index (χ3n) is 6.72. The first-order chi connectivity index (χ1) is 13.2. The largest absolute Gasteiger partial charge is 0.365 e. The average molecular weight is 377 g/mol. The molecule has 2 saturated heterocycles. The second kappa shape index (κ2) is 6.21. The number of hydrogen-bond acceptors (Lipinski definition) is 4. The Morgan fingerprint density at radius 3 is 2.57 bits per heavy atom. The van der Waals surface area contributed by atoms with E-state index in [4.69, 9.17) is 10.7 Å². The molecule has 3 aromatic rings. The molecule has 1 amide bonds. The number of para-hydroxylation sites is 2. The van der Waals surface area contributed by atoms with Gasteiger partial charge in [0.15, 0.2) is 5.65 Å². The molecule has 0 unspecified atom stereocenters. The van der Waals surface area contributed by atoms with Crippen LogP contribution in [-0.2, 0) is 12.8 Å². The number of anilines is 1. The molecule has 1 aromatic carbocycles. The molecule has 0 bridgehead atoms. The molecule has 146 valence electrons. The van der Waals surface area contributed by atoms with E-state index in [1.165, 1.54) is 11.4 Å². The van der Waals surface area contributed by atoms with Crippen molar-refractivity contribution in [3.8, 4) is 0 Å². The minimum atomic E-state index is -0.359. The predicted molar refractivity (Wildman–Crippen MR) is 112 cm³/mol. The number of amides is 1. The van der Waals surface area contributed by atoms with E-state index in [1.54, 1.807) is 0 Å². The smallest absolute Gasteiger partial charge is 0.252 e. The van der Waals surface area contributed by atoms with E-state index < -0.39 is 0 Å². The standard InChI is InChI=1S/C21H23N5O.CH4/c22-19(27)18-14-4-3-5-15(14)21(25-10-12-8-23-9-13(12)11-25)26-17-7-2-1-6-16(17)24-20(18)26;/h1-2,6-7,12-13,23H,3-5,8-11H2,(H2,22,27);1H4/t12-,13-;/m1./s1. The lowest BCUT2D eigenvalue weighted by Crippen LogP contribution is -2.29. The minimum absolute atomic E-state index is 0. The number of aromatic nitrogens is 2. The summed E-state index contributed by atoms with van der Waals surface area (Å²) in [6, 6.07) is 8.16. The van der Waals surface area contributed by atoms with Crippen molar-refractivity contribution in [1.29, 1.82) is 0 Å². The van der Waals surface area contributed by atoms with Gasteiger partial charge in [0.25, 0.3) is 5.91 Å². The third kappa shape index (κ3) is 2.24. The zero-order valence-electron chi connectivity index (χ0n) is 15.2. The van der Waals surface area contributed by atoms with E-state index in [0.29, 0.717) is 17.4 Å². The second-order valence-electron chi connectivity index (χ2n) is 8.22. The van der Waals surface area contributed by atoms with E-state index >= 15 is 0 Å². The Morgan fingerprint density at radius 1 is 1.11 bits per heavy atom. The van der Waals surface area contributed by atoms with Gasteiger partial charge in [-0.3, -0.25) is 9.20 Å². The average Bonchev–Trinajstić information content (AvgIpc) is 3.40. The predicted octanol–water partition coefficient (Wildman–Crippen LogP) is 2.37. The first-order valence-corrected chi connectivity index (χ1v) is 9.92. The number of nitrogens with zero attached hydrogens (tertiary/aromatic N) is 3. The highest BCUT2D eigenvalue weighted by Crippen LogP contribution is 2.41. The van der Waals surface area contributed by atoms with Gasteiger partial charge in [-0.15, -0.1) is 0 Å². The van der Waals surface area contributed by atoms with Gasteiger partial charge in [0, 0.05) is 26.2 Å². The van der Waals surface area contributed by atoms with Crippen molar-refractivity contribution in [2.75, 3.05) is 31.1 Å². The number of hydrogen-bond donors (Lipinski definition) is 2. The van der Waals surface area contributed by atoms with Crippen LogP contribution in [0.4, 0.5) is 5.82 Å². The van der Waals surface area contributed by atoms with Crippen LogP contribution in [0.25, 0.3) is 16.7 Å². The maximum atomic E-state index is 12.4. The molecule has 2 aliphatic heterocycles. The van der Waals surface area contributed by atoms with Crippen molar-refractivity contribution in [3.63, 3.8) is 0 Å². The maximum absolute atomic E-state index is 12.4. The van der Waals surface area contributed by atoms with Crippen LogP contribution in [0.2, 0.25) is 0 Å². The summed E-state index contributed by atoms with van der Waals surface area (Å²) >= 11 is 0. The summed E-state index contributed by atoms with van der Waals surface area (Å²) in [4.78, 5) is 19.8. The lowest BCUT2D eigenvalue weighted by Gasteiger charge is -2.26. The molecule has 2 aromatic heterocycles. The monoisotopic (exact) mass is 377 g/mol. The van der Waals surface area contributed by atoms with Gasteiger partial charge in [-0.05, 0) is 54.4 Å². The van der Waals surface area contributed by atoms with Gasteiger partial charge in [-0.2, -0.15) is 0 Å². The summed E-state index contributed by atoms with van der Waals surface area (Å²) in [5, 5.41) is 3.53. The summed E-state index contributed by atoms with van der Waals surface area (Å²) in [6.45, 7) is 4.36. The molecule has 6 heteroatoms. The first kappa shape index (κ1) is 17.5. The fourth-order valence-electron chi connectivity index (χ4n) is 5.56. The van der Waals surface area contributed by atoms with Gasteiger partial charge < -0.3 is 16.0 Å². The Bertz CT molecular complexity index is 1090. The lowest BCUT2D eigenvalue weighted by atomic mass is 10.0. The molecule has 0 spiro atoms. The minimum Gasteiger partial charge on any atom is -0.365 e. The molecule has 1 aliphatic carbocycles. The number of carbonyl (C=O) groups is 1. The second-order valence-corrected chi connectivity index (χ2v) is 8.22. The summed E-state index contributed by atoms with van der Waals surface area (Å²) in [5.41, 5.74) is 11.6. The topological polar surface area (TPSA) is 75.7 Å². The van der Waals surface area contributed by atoms with E-state index in [0.717, 1.165) is 67.7 Å². The van der Waals surface area contributed by atoms with Gasteiger partial charge in [-0.1, -0.05) is 19.6 Å². The Labute approximate surface area is 164 Å². The zero-order chi connectivity index (χ0) is 18.1. The SMILES string of the molecule is C.NC(=O)c1c2c(c(N3C[C@H]4CNC[C@@H]4C3)n3c1nc1ccccc13)CCC2. The van der Waals surface area contributed by atoms with E-state index in [9.17, 15) is 4.79 Å². The molecule has 6 nitrogen and oxygen atoms in total. The van der Waals surface area contributed by atoms with Crippen molar-refractivity contribution in [1.82, 2.24) is 14.7 Å². The van der Waals surface area contributed by atoms with Crippen LogP contribution >= 0.6 is 0 Å². The number of carbonyl (C=O) groups excluding carboxylic acids is 1. The van der Waals surface area contributed by atoms with Crippen molar-refractivity contribution in [2.45, 2.75) is 26.7 Å². The molecule has 2 fully saturated rings. The van der Waals surface area contributed by atoms with Crippen LogP contribution in [0.5, 0.6) is 0 Å². The molecule has 2 atom stereocenters. The zero-order valence-corrected chi connectivity index (χ0v) is 15.2. The highest BCUT2D eigenvalue weighted by Gasteiger charge is 2.39. The molecule has 28 heavy (non-hydrogen) atoms. The maximum Gasteiger partial charge on any atom is 0.252 e. The Kier molecular flexibility index (Phi) is 3.88. The van der Waals surface area contributed by atoms with Gasteiger partial charge in [0.05, 0.1) is 16.6 Å². The van der Waals surface area contributed by atoms with Crippen molar-refractivity contribution < 1.29 is 4.79 Å². The number of nitrogens with two attached hydrogens (primary N) is 1. The number of rotatable bonds is 2. The van der Waals surface area contributed by atoms with Crippen molar-refractivity contribution in [3.05, 3.63) is 41.0 Å². The van der Waals surface area contributed by atoms with Gasteiger partial charge in [0.2, 0.25) is 0 Å². The molecular formula is C22H27N5O. The Morgan fingerprint density at radius 2 is 1.82 bits per heavy atom. The number of imidazole rings is 1. The van der Waals surface area contributed by atoms with Gasteiger partial charge >= 0.3 is 0 Å². The van der Waals surface area contributed by atoms with Crippen molar-refractivity contribution >= 4 is 28.4 Å². The van der Waals surface area contributed by atoms with Crippen LogP contribution < -0.4 is 16.0 Å². The molecule has 3 N–H and O–H groups in total. The van der Waals surface area contributed by atoms with E-state index in [-0.39, 0.29) is 13.3 Å². The lowest BCUT2D eigenvalue weighted by molar-refractivity contribution is 0.100. The summed E-state index contributed by atoms with van der Waals surface area (Å²) in [5.74, 6) is 2.32. The number of benzene rings is 1. The number of primary amides is 1. The van der Waals surface area contributed by atoms with Gasteiger partial charge in [0.1, 0.15) is 5.82 Å². The van der Waals surface area contributed by atoms with Gasteiger partial charge in [-0.25, -0.2) is 4.98 Å². The van der Waals surface area contributed by atoms with Crippen molar-refractivity contribution in [2.24, 2.45) is 17.6 Å². The molecule has 4 heterocycles. The van der Waals surface area contributed by atoms with Crippen LogP contribution in [-0.4, -0.2) is 41.5 Å². The highest BCUT2D eigenvalue weighted by atomic mass is 16.1. The summed E-state index contributed by atoms with van der Waals surface area (Å²) in [7, 11) is 0. The summed E-state index contributed by atoms with van der Waals surface area (Å²) in [6.07, 6.45) is 3.01. The molecular weight excluding hydrogens is 350 g/mol. The number of nitrogens with one attached hydrogen (secondary N) is 1. The van der Waals surface area contributed by atoms with E-state index in [2.05, 4.69) is 20.7 Å². The van der Waals surface area contributed by atoms with Crippen LogP contribution in [0, 0.1) is 11.8 Å². The number of fused-ring (bicyclic) bond motifs is 5.